The molecule has 2 aliphatic rings. The summed E-state index contributed by atoms with van der Waals surface area (Å²) in [6, 6.07) is 7.52. The molecular formula is C15H18N2O4. The summed E-state index contributed by atoms with van der Waals surface area (Å²) in [7, 11) is 0. The van der Waals surface area contributed by atoms with Gasteiger partial charge in [-0.3, -0.25) is 9.59 Å². The Bertz CT molecular complexity index is 552. The predicted molar refractivity (Wildman–Crippen MR) is 76.3 cm³/mol. The summed E-state index contributed by atoms with van der Waals surface area (Å²) in [5.74, 6) is -0.491. The van der Waals surface area contributed by atoms with Crippen molar-refractivity contribution in [3.05, 3.63) is 24.3 Å². The van der Waals surface area contributed by atoms with Crippen molar-refractivity contribution in [2.24, 2.45) is 5.92 Å². The molecule has 0 aromatic heterocycles. The van der Waals surface area contributed by atoms with E-state index >= 15 is 0 Å². The zero-order valence-corrected chi connectivity index (χ0v) is 11.6. The third kappa shape index (κ3) is 2.79. The van der Waals surface area contributed by atoms with Crippen molar-refractivity contribution in [1.29, 1.82) is 0 Å². The number of carboxylic acid groups (broad SMARTS) is 1. The molecule has 6 nitrogen and oxygen atoms in total. The van der Waals surface area contributed by atoms with Crippen molar-refractivity contribution in [2.45, 2.75) is 18.9 Å². The second kappa shape index (κ2) is 5.63. The molecule has 21 heavy (non-hydrogen) atoms. The molecule has 1 fully saturated rings. The van der Waals surface area contributed by atoms with Gasteiger partial charge in [-0.25, -0.2) is 0 Å². The van der Waals surface area contributed by atoms with Gasteiger partial charge in [-0.05, 0) is 25.0 Å². The summed E-state index contributed by atoms with van der Waals surface area (Å²) in [5.41, 5.74) is 0.895. The van der Waals surface area contributed by atoms with Gasteiger partial charge in [0.1, 0.15) is 5.75 Å². The summed E-state index contributed by atoms with van der Waals surface area (Å²) >= 11 is 0. The number of para-hydroxylation sites is 2. The highest BCUT2D eigenvalue weighted by Crippen LogP contribution is 2.29. The maximum Gasteiger partial charge on any atom is 0.306 e. The number of anilines is 1. The lowest BCUT2D eigenvalue weighted by atomic mass is 9.97. The van der Waals surface area contributed by atoms with E-state index in [2.05, 4.69) is 5.32 Å². The number of likely N-dealkylation sites (tertiary alicyclic amines) is 1. The van der Waals surface area contributed by atoms with Crippen LogP contribution in [0.4, 0.5) is 5.69 Å². The second-order valence-corrected chi connectivity index (χ2v) is 5.42. The van der Waals surface area contributed by atoms with Crippen LogP contribution in [0, 0.1) is 5.92 Å². The van der Waals surface area contributed by atoms with E-state index in [-0.39, 0.29) is 11.8 Å². The number of rotatable bonds is 2. The monoisotopic (exact) mass is 290 g/mol. The Morgan fingerprint density at radius 3 is 2.67 bits per heavy atom. The summed E-state index contributed by atoms with van der Waals surface area (Å²) in [6.07, 6.45) is 0.483. The Morgan fingerprint density at radius 2 is 1.95 bits per heavy atom. The Hall–Kier alpha value is -2.24. The van der Waals surface area contributed by atoms with Gasteiger partial charge in [-0.1, -0.05) is 12.1 Å². The van der Waals surface area contributed by atoms with Crippen LogP contribution in [0.2, 0.25) is 0 Å². The topological polar surface area (TPSA) is 78.9 Å². The lowest BCUT2D eigenvalue weighted by molar-refractivity contribution is -0.147. The van der Waals surface area contributed by atoms with Crippen LogP contribution in [0.1, 0.15) is 12.8 Å². The molecule has 2 heterocycles. The number of hydrogen-bond acceptors (Lipinski definition) is 4. The molecule has 0 aliphatic carbocycles. The highest BCUT2D eigenvalue weighted by molar-refractivity contribution is 5.83. The van der Waals surface area contributed by atoms with E-state index in [4.69, 9.17) is 9.84 Å². The Morgan fingerprint density at radius 1 is 1.24 bits per heavy atom. The number of amides is 1. The maximum absolute atomic E-state index is 12.5. The van der Waals surface area contributed by atoms with Crippen molar-refractivity contribution < 1.29 is 19.4 Å². The zero-order valence-electron chi connectivity index (χ0n) is 11.6. The number of nitrogens with one attached hydrogen (secondary N) is 1. The first kappa shape index (κ1) is 13.7. The van der Waals surface area contributed by atoms with E-state index in [0.717, 1.165) is 5.69 Å². The summed E-state index contributed by atoms with van der Waals surface area (Å²) in [6.45, 7) is 1.41. The van der Waals surface area contributed by atoms with E-state index in [1.807, 2.05) is 24.3 Å². The van der Waals surface area contributed by atoms with E-state index in [0.29, 0.717) is 38.2 Å². The molecule has 3 rings (SSSR count). The van der Waals surface area contributed by atoms with Crippen LogP contribution in [0.15, 0.2) is 24.3 Å². The number of nitrogens with zero attached hydrogens (tertiary/aromatic N) is 1. The SMILES string of the molecule is O=C(O)C1CCN(C(=O)C2CNc3ccccc3O2)CC1. The summed E-state index contributed by atoms with van der Waals surface area (Å²) in [4.78, 5) is 25.1. The molecule has 2 aliphatic heterocycles. The summed E-state index contributed by atoms with van der Waals surface area (Å²) in [5, 5.41) is 12.2. The number of carbonyl (C=O) groups is 2. The summed E-state index contributed by atoms with van der Waals surface area (Å²) < 4.78 is 5.75. The van der Waals surface area contributed by atoms with E-state index in [9.17, 15) is 9.59 Å². The molecule has 1 aromatic carbocycles. The fourth-order valence-electron chi connectivity index (χ4n) is 2.80. The maximum atomic E-state index is 12.5. The Kier molecular flexibility index (Phi) is 3.68. The van der Waals surface area contributed by atoms with Crippen LogP contribution >= 0.6 is 0 Å². The van der Waals surface area contributed by atoms with Crippen molar-refractivity contribution >= 4 is 17.6 Å². The largest absolute Gasteiger partial charge is 0.481 e. The number of carboxylic acids is 1. The number of carbonyl (C=O) groups excluding carboxylic acids is 1. The van der Waals surface area contributed by atoms with Gasteiger partial charge in [-0.15, -0.1) is 0 Å². The molecule has 1 amide bonds. The fraction of sp³-hybridized carbons (Fsp3) is 0.467. The minimum absolute atomic E-state index is 0.0687. The number of aliphatic carboxylic acids is 1. The fourth-order valence-corrected chi connectivity index (χ4v) is 2.80. The molecule has 1 atom stereocenters. The molecule has 6 heteroatoms. The first-order valence-corrected chi connectivity index (χ1v) is 7.16. The highest BCUT2D eigenvalue weighted by Gasteiger charge is 2.33. The molecule has 0 bridgehead atoms. The molecule has 1 saturated heterocycles. The normalized spacial score (nSPS) is 21.9. The Balaban J connectivity index is 1.61. The molecule has 0 radical (unpaired) electrons. The lowest BCUT2D eigenvalue weighted by Crippen LogP contribution is -2.50. The average molecular weight is 290 g/mol. The minimum atomic E-state index is -0.772. The molecule has 112 valence electrons. The standard InChI is InChI=1S/C15H18N2O4/c18-14(17-7-5-10(6-8-17)15(19)20)13-9-16-11-3-1-2-4-12(11)21-13/h1-4,10,13,16H,5-9H2,(H,19,20). The molecule has 1 unspecified atom stereocenters. The van der Waals surface area contributed by atoms with Gasteiger partial charge in [0, 0.05) is 13.1 Å². The van der Waals surface area contributed by atoms with Crippen LogP contribution in [-0.4, -0.2) is 47.6 Å². The third-order valence-electron chi connectivity index (χ3n) is 4.07. The van der Waals surface area contributed by atoms with Crippen molar-refractivity contribution in [3.63, 3.8) is 0 Å². The van der Waals surface area contributed by atoms with E-state index < -0.39 is 12.1 Å². The predicted octanol–water partition coefficient (Wildman–Crippen LogP) is 1.18. The van der Waals surface area contributed by atoms with E-state index in [1.165, 1.54) is 0 Å². The molecule has 2 N–H and O–H groups in total. The zero-order chi connectivity index (χ0) is 14.8. The first-order valence-electron chi connectivity index (χ1n) is 7.16. The van der Waals surface area contributed by atoms with Crippen LogP contribution < -0.4 is 10.1 Å². The van der Waals surface area contributed by atoms with Crippen LogP contribution in [-0.2, 0) is 9.59 Å². The molecule has 1 aromatic rings. The van der Waals surface area contributed by atoms with Crippen LogP contribution in [0.25, 0.3) is 0 Å². The Labute approximate surface area is 122 Å². The van der Waals surface area contributed by atoms with Gasteiger partial charge in [-0.2, -0.15) is 0 Å². The van der Waals surface area contributed by atoms with Crippen molar-refractivity contribution in [2.75, 3.05) is 25.0 Å². The number of hydrogen-bond donors (Lipinski definition) is 2. The number of ether oxygens (including phenoxy) is 1. The molecular weight excluding hydrogens is 272 g/mol. The smallest absolute Gasteiger partial charge is 0.306 e. The van der Waals surface area contributed by atoms with Gasteiger partial charge in [0.05, 0.1) is 18.2 Å². The average Bonchev–Trinajstić information content (AvgIpc) is 2.54. The van der Waals surface area contributed by atoms with Crippen molar-refractivity contribution in [1.82, 2.24) is 4.90 Å². The van der Waals surface area contributed by atoms with E-state index in [1.54, 1.807) is 4.90 Å². The lowest BCUT2D eigenvalue weighted by Gasteiger charge is -2.34. The number of fused-ring (bicyclic) bond motifs is 1. The quantitative estimate of drug-likeness (QED) is 0.855. The van der Waals surface area contributed by atoms with Crippen molar-refractivity contribution in [3.8, 4) is 5.75 Å². The number of piperidine rings is 1. The van der Waals surface area contributed by atoms with Crippen LogP contribution in [0.5, 0.6) is 5.75 Å². The molecule has 0 spiro atoms. The van der Waals surface area contributed by atoms with Crippen LogP contribution in [0.3, 0.4) is 0 Å². The minimum Gasteiger partial charge on any atom is -0.481 e. The first-order chi connectivity index (χ1) is 10.1. The van der Waals surface area contributed by atoms with Gasteiger partial charge in [0.25, 0.3) is 5.91 Å². The second-order valence-electron chi connectivity index (χ2n) is 5.42. The number of benzene rings is 1. The highest BCUT2D eigenvalue weighted by atomic mass is 16.5. The molecule has 0 saturated carbocycles. The van der Waals surface area contributed by atoms with Gasteiger partial charge in [0.2, 0.25) is 0 Å². The van der Waals surface area contributed by atoms with Gasteiger partial charge in [0.15, 0.2) is 6.10 Å². The van der Waals surface area contributed by atoms with Gasteiger partial charge >= 0.3 is 5.97 Å². The van der Waals surface area contributed by atoms with Gasteiger partial charge < -0.3 is 20.1 Å². The third-order valence-corrected chi connectivity index (χ3v) is 4.07.